The topological polar surface area (TPSA) is 80.9 Å². The maximum atomic E-state index is 8.27. The Labute approximate surface area is 141 Å². The molecule has 0 aromatic heterocycles. The number of hydrogen-bond acceptors (Lipinski definition) is 4. The van der Waals surface area contributed by atoms with Crippen LogP contribution in [-0.4, -0.2) is 45.3 Å². The molecular weight excluding hydrogens is 292 g/mol. The molecule has 5 heteroatoms. The fourth-order valence-electron chi connectivity index (χ4n) is 0.465. The molecule has 0 radical (unpaired) electrons. The van der Waals surface area contributed by atoms with Crippen LogP contribution in [0.5, 0.6) is 0 Å². The van der Waals surface area contributed by atoms with E-state index in [0.717, 1.165) is 25.7 Å². The zero-order valence-corrected chi connectivity index (χ0v) is 15.8. The van der Waals surface area contributed by atoms with E-state index in [4.69, 9.17) is 20.4 Å². The second-order valence-electron chi connectivity index (χ2n) is 4.92. The first-order chi connectivity index (χ1) is 8.61. The third-order valence-corrected chi connectivity index (χ3v) is 0.908. The predicted octanol–water partition coefficient (Wildman–Crippen LogP) is 2.53. The van der Waals surface area contributed by atoms with Crippen molar-refractivity contribution < 1.29 is 42.1 Å². The zero-order valence-electron chi connectivity index (χ0n) is 14.3. The molecule has 0 spiro atoms. The Hall–Kier alpha value is 0.554. The quantitative estimate of drug-likeness (QED) is 0.363. The van der Waals surface area contributed by atoms with E-state index in [-0.39, 0.29) is 40.0 Å². The van der Waals surface area contributed by atoms with Crippen molar-refractivity contribution in [3.05, 3.63) is 6.92 Å². The van der Waals surface area contributed by atoms with Crippen LogP contribution in [-0.2, 0) is 21.7 Å². The summed E-state index contributed by atoms with van der Waals surface area (Å²) in [5, 5.41) is 32.4. The van der Waals surface area contributed by atoms with Crippen LogP contribution < -0.4 is 0 Å². The summed E-state index contributed by atoms with van der Waals surface area (Å²) >= 11 is 0. The molecule has 0 aliphatic rings. The molecule has 0 aromatic rings. The fraction of sp³-hybridized carbons (Fsp3) is 0.933. The van der Waals surface area contributed by atoms with Gasteiger partial charge in [0.2, 0.25) is 0 Å². The van der Waals surface area contributed by atoms with Crippen LogP contribution in [0, 0.1) is 6.92 Å². The molecule has 0 heterocycles. The van der Waals surface area contributed by atoms with Crippen LogP contribution >= 0.6 is 0 Å². The van der Waals surface area contributed by atoms with Gasteiger partial charge in [-0.05, 0) is 48.0 Å². The molecule has 4 N–H and O–H groups in total. The average Bonchev–Trinajstić information content (AvgIpc) is 2.15. The van der Waals surface area contributed by atoms with Gasteiger partial charge in [-0.2, -0.15) is 6.42 Å². The van der Waals surface area contributed by atoms with Crippen LogP contribution in [0.25, 0.3) is 0 Å². The van der Waals surface area contributed by atoms with Crippen molar-refractivity contribution in [2.24, 2.45) is 0 Å². The Bertz CT molecular complexity index is 93.9. The first-order valence-corrected chi connectivity index (χ1v) is 7.05. The number of aliphatic hydroxyl groups is 4. The van der Waals surface area contributed by atoms with Crippen LogP contribution in [0.2, 0.25) is 0 Å². The first kappa shape index (κ1) is 32.5. The van der Waals surface area contributed by atoms with E-state index in [9.17, 15) is 0 Å². The maximum Gasteiger partial charge on any atom is 0.0483 e. The van der Waals surface area contributed by atoms with Gasteiger partial charge in [0, 0.05) is 46.6 Å². The Kier molecular flexibility index (Phi) is 51.6. The molecule has 0 bridgehead atoms. The van der Waals surface area contributed by atoms with Crippen molar-refractivity contribution in [2.45, 2.75) is 85.5 Å². The van der Waals surface area contributed by atoms with Crippen LogP contribution in [0.3, 0.4) is 0 Å². The van der Waals surface area contributed by atoms with E-state index in [1.807, 2.05) is 0 Å². The van der Waals surface area contributed by atoms with Crippen LogP contribution in [0.15, 0.2) is 0 Å². The van der Waals surface area contributed by atoms with Gasteiger partial charge in [0.1, 0.15) is 0 Å². The smallest absolute Gasteiger partial charge is 0.0483 e. The van der Waals surface area contributed by atoms with E-state index in [2.05, 4.69) is 6.92 Å². The number of rotatable bonds is 4. The van der Waals surface area contributed by atoms with Crippen LogP contribution in [0.4, 0.5) is 0 Å². The van der Waals surface area contributed by atoms with Crippen molar-refractivity contribution in [3.8, 4) is 0 Å². The third kappa shape index (κ3) is 276. The number of unbranched alkanes of at least 4 members (excludes halogenated alkanes) is 3. The molecule has 126 valence electrons. The molecule has 0 aromatic carbocycles. The Morgan fingerprint density at radius 3 is 1.10 bits per heavy atom. The summed E-state index contributed by atoms with van der Waals surface area (Å²) in [5.74, 6) is 0. The monoisotopic (exact) mass is 329 g/mol. The molecule has 0 saturated heterocycles. The summed E-state index contributed by atoms with van der Waals surface area (Å²) in [7, 11) is 0. The molecule has 0 unspecified atom stereocenters. The minimum atomic E-state index is -0.167. The van der Waals surface area contributed by atoms with Crippen molar-refractivity contribution in [1.29, 1.82) is 0 Å². The second kappa shape index (κ2) is 31.8. The van der Waals surface area contributed by atoms with Gasteiger partial charge in [0.05, 0.1) is 0 Å². The average molecular weight is 329 g/mol. The number of aliphatic hydroxyl groups excluding tert-OH is 4. The standard InChI is InChI=1S/C6H13O.3C3H8O.Ti/c1-2-3-4-5-6-7;3*1-3(2)4;/h7H,1-6H2;3*3-4H,1-2H3;/q-1;;;;. The first-order valence-electron chi connectivity index (χ1n) is 7.05. The van der Waals surface area contributed by atoms with Crippen molar-refractivity contribution >= 4 is 0 Å². The Morgan fingerprint density at radius 1 is 0.700 bits per heavy atom. The molecule has 0 fully saturated rings. The SMILES string of the molecule is CC(C)O.CC(C)O.CC(C)O.[CH2-]CCCCCO.[Ti]. The van der Waals surface area contributed by atoms with Gasteiger partial charge in [0.25, 0.3) is 0 Å². The van der Waals surface area contributed by atoms with Crippen LogP contribution in [0.1, 0.15) is 67.2 Å². The third-order valence-electron chi connectivity index (χ3n) is 0.908. The molecule has 20 heavy (non-hydrogen) atoms. The summed E-state index contributed by atoms with van der Waals surface area (Å²) < 4.78 is 0. The molecule has 0 rings (SSSR count). The van der Waals surface area contributed by atoms with E-state index in [0.29, 0.717) is 6.61 Å². The van der Waals surface area contributed by atoms with E-state index in [1.54, 1.807) is 41.5 Å². The van der Waals surface area contributed by atoms with Gasteiger partial charge >= 0.3 is 0 Å². The normalized spacial score (nSPS) is 8.70. The summed E-state index contributed by atoms with van der Waals surface area (Å²) in [6.45, 7) is 14.3. The van der Waals surface area contributed by atoms with Gasteiger partial charge in [0.15, 0.2) is 0 Å². The molecular formula is C15H37O4Ti-. The number of hydrogen-bond donors (Lipinski definition) is 4. The van der Waals surface area contributed by atoms with E-state index in [1.165, 1.54) is 0 Å². The summed E-state index contributed by atoms with van der Waals surface area (Å²) in [6, 6.07) is 0. The zero-order chi connectivity index (χ0) is 16.3. The summed E-state index contributed by atoms with van der Waals surface area (Å²) in [6.07, 6.45) is 3.72. The molecule has 0 saturated carbocycles. The second-order valence-corrected chi connectivity index (χ2v) is 4.92. The van der Waals surface area contributed by atoms with Gasteiger partial charge in [-0.1, -0.05) is 12.8 Å². The maximum absolute atomic E-state index is 8.27. The van der Waals surface area contributed by atoms with Crippen molar-refractivity contribution in [3.63, 3.8) is 0 Å². The predicted molar refractivity (Wildman–Crippen MR) is 83.0 cm³/mol. The summed E-state index contributed by atoms with van der Waals surface area (Å²) in [4.78, 5) is 0. The molecule has 0 aliphatic heterocycles. The molecule has 0 atom stereocenters. The van der Waals surface area contributed by atoms with E-state index < -0.39 is 0 Å². The van der Waals surface area contributed by atoms with Gasteiger partial charge in [-0.25, -0.2) is 0 Å². The Morgan fingerprint density at radius 2 is 0.950 bits per heavy atom. The van der Waals surface area contributed by atoms with Gasteiger partial charge < -0.3 is 27.3 Å². The minimum Gasteiger partial charge on any atom is -0.396 e. The van der Waals surface area contributed by atoms with Gasteiger partial charge in [-0.3, -0.25) is 0 Å². The largest absolute Gasteiger partial charge is 0.396 e. The molecule has 4 nitrogen and oxygen atoms in total. The van der Waals surface area contributed by atoms with Crippen molar-refractivity contribution in [1.82, 2.24) is 0 Å². The fourth-order valence-corrected chi connectivity index (χ4v) is 0.465. The molecule has 0 aliphatic carbocycles. The van der Waals surface area contributed by atoms with E-state index >= 15 is 0 Å². The summed E-state index contributed by atoms with van der Waals surface area (Å²) in [5.41, 5.74) is 0. The van der Waals surface area contributed by atoms with Crippen molar-refractivity contribution in [2.75, 3.05) is 6.61 Å². The Balaban J connectivity index is -0.0000000512. The van der Waals surface area contributed by atoms with Gasteiger partial charge in [-0.15, -0.1) is 0 Å². The molecule has 0 amide bonds. The minimum absolute atomic E-state index is 0.